The van der Waals surface area contributed by atoms with Gasteiger partial charge in [-0.25, -0.2) is 9.78 Å². The fraction of sp³-hybridized carbons (Fsp3) is 0.0435. The predicted molar refractivity (Wildman–Crippen MR) is 117 cm³/mol. The topological polar surface area (TPSA) is 93.3 Å². The first-order valence-corrected chi connectivity index (χ1v) is 10.3. The third kappa shape index (κ3) is 4.33. The van der Waals surface area contributed by atoms with E-state index in [2.05, 4.69) is 4.98 Å². The van der Waals surface area contributed by atoms with Crippen LogP contribution in [0.15, 0.2) is 72.1 Å². The van der Waals surface area contributed by atoms with Gasteiger partial charge in [0, 0.05) is 28.1 Å². The van der Waals surface area contributed by atoms with Crippen molar-refractivity contribution < 1.29 is 28.0 Å². The Hall–Kier alpha value is -4.05. The summed E-state index contributed by atoms with van der Waals surface area (Å²) in [6, 6.07) is 15.1. The first-order valence-electron chi connectivity index (χ1n) is 9.40. The second-order valence-electron chi connectivity index (χ2n) is 6.92. The van der Waals surface area contributed by atoms with Gasteiger partial charge >= 0.3 is 12.1 Å². The van der Waals surface area contributed by atoms with Gasteiger partial charge in [-0.3, -0.25) is 10.1 Å². The Labute approximate surface area is 188 Å². The van der Waals surface area contributed by atoms with E-state index in [0.29, 0.717) is 10.6 Å². The number of nitro benzene ring substituents is 1. The zero-order valence-corrected chi connectivity index (χ0v) is 17.4. The van der Waals surface area contributed by atoms with Crippen molar-refractivity contribution in [3.05, 3.63) is 93.4 Å². The number of carboxylic acids is 1. The number of hydrogen-bond donors (Lipinski definition) is 1. The molecular formula is C23H13F3N2O4S. The van der Waals surface area contributed by atoms with Gasteiger partial charge in [0.1, 0.15) is 5.01 Å². The molecule has 4 rings (SSSR count). The minimum Gasteiger partial charge on any atom is -0.478 e. The highest BCUT2D eigenvalue weighted by Gasteiger charge is 2.34. The van der Waals surface area contributed by atoms with Gasteiger partial charge in [-0.1, -0.05) is 42.5 Å². The maximum atomic E-state index is 13.4. The normalized spacial score (nSPS) is 11.4. The van der Waals surface area contributed by atoms with Crippen LogP contribution in [0.2, 0.25) is 0 Å². The van der Waals surface area contributed by atoms with Crippen LogP contribution >= 0.6 is 11.3 Å². The van der Waals surface area contributed by atoms with E-state index in [1.165, 1.54) is 60.0 Å². The molecule has 0 aliphatic rings. The Morgan fingerprint density at radius 3 is 2.30 bits per heavy atom. The highest BCUT2D eigenvalue weighted by molar-refractivity contribution is 7.13. The van der Waals surface area contributed by atoms with Crippen LogP contribution in [0.4, 0.5) is 18.9 Å². The highest BCUT2D eigenvalue weighted by Crippen LogP contribution is 2.39. The third-order valence-corrected chi connectivity index (χ3v) is 5.79. The second-order valence-corrected chi connectivity index (χ2v) is 7.78. The summed E-state index contributed by atoms with van der Waals surface area (Å²) in [5.41, 5.74) is -0.550. The molecule has 0 saturated carbocycles. The van der Waals surface area contributed by atoms with Gasteiger partial charge in [0.25, 0.3) is 5.69 Å². The molecule has 0 fully saturated rings. The number of aromatic carboxylic acids is 1. The molecular weight excluding hydrogens is 457 g/mol. The van der Waals surface area contributed by atoms with E-state index < -0.39 is 22.6 Å². The van der Waals surface area contributed by atoms with Crippen LogP contribution in [0.25, 0.3) is 33.0 Å². The number of thiazole rings is 1. The molecule has 1 heterocycles. The van der Waals surface area contributed by atoms with Crippen molar-refractivity contribution in [1.82, 2.24) is 4.98 Å². The summed E-state index contributed by atoms with van der Waals surface area (Å²) in [5, 5.41) is 22.9. The summed E-state index contributed by atoms with van der Waals surface area (Å²) >= 11 is 1.07. The van der Waals surface area contributed by atoms with Crippen LogP contribution in [0.1, 0.15) is 15.9 Å². The van der Waals surface area contributed by atoms with Gasteiger partial charge in [0.15, 0.2) is 0 Å². The maximum absolute atomic E-state index is 13.4. The number of alkyl halides is 3. The number of rotatable bonds is 5. The van der Waals surface area contributed by atoms with Crippen molar-refractivity contribution in [2.75, 3.05) is 0 Å². The molecule has 33 heavy (non-hydrogen) atoms. The van der Waals surface area contributed by atoms with Gasteiger partial charge in [-0.05, 0) is 18.2 Å². The van der Waals surface area contributed by atoms with Gasteiger partial charge < -0.3 is 5.11 Å². The summed E-state index contributed by atoms with van der Waals surface area (Å²) in [5.74, 6) is -1.30. The van der Waals surface area contributed by atoms with Crippen molar-refractivity contribution in [2.24, 2.45) is 0 Å². The Balaban J connectivity index is 1.80. The zero-order chi connectivity index (χ0) is 23.8. The first kappa shape index (κ1) is 22.2. The third-order valence-electron chi connectivity index (χ3n) is 4.90. The Morgan fingerprint density at radius 2 is 1.64 bits per heavy atom. The molecule has 0 aliphatic heterocycles. The quantitative estimate of drug-likeness (QED) is 0.257. The van der Waals surface area contributed by atoms with Crippen LogP contribution in [0.5, 0.6) is 0 Å². The van der Waals surface area contributed by atoms with Crippen LogP contribution in [-0.4, -0.2) is 21.0 Å². The number of nitro groups is 1. The van der Waals surface area contributed by atoms with Crippen molar-refractivity contribution in [3.63, 3.8) is 0 Å². The van der Waals surface area contributed by atoms with Crippen LogP contribution in [0.3, 0.4) is 0 Å². The maximum Gasteiger partial charge on any atom is 0.417 e. The van der Waals surface area contributed by atoms with Crippen molar-refractivity contribution in [1.29, 1.82) is 0 Å². The lowest BCUT2D eigenvalue weighted by atomic mass is 9.96. The summed E-state index contributed by atoms with van der Waals surface area (Å²) < 4.78 is 40.1. The highest BCUT2D eigenvalue weighted by atomic mass is 32.1. The van der Waals surface area contributed by atoms with E-state index in [-0.39, 0.29) is 33.6 Å². The molecule has 166 valence electrons. The van der Waals surface area contributed by atoms with Gasteiger partial charge in [-0.2, -0.15) is 13.2 Å². The zero-order valence-electron chi connectivity index (χ0n) is 16.5. The SMILES string of the molecule is O=C(O)c1cc(-c2nc(-c3ccccc3C(F)(F)F)cs2)ccc1-c1ccccc1[N+](=O)[O-]. The number of hydrogen-bond acceptors (Lipinski definition) is 5. The van der Waals surface area contributed by atoms with E-state index in [4.69, 9.17) is 0 Å². The number of halogens is 3. The Morgan fingerprint density at radius 1 is 0.970 bits per heavy atom. The van der Waals surface area contributed by atoms with Crippen molar-refractivity contribution >= 4 is 23.0 Å². The first-order chi connectivity index (χ1) is 15.7. The summed E-state index contributed by atoms with van der Waals surface area (Å²) in [4.78, 5) is 27.0. The molecule has 0 unspecified atom stereocenters. The average molecular weight is 470 g/mol. The lowest BCUT2D eigenvalue weighted by Crippen LogP contribution is -2.06. The van der Waals surface area contributed by atoms with E-state index in [0.717, 1.165) is 17.4 Å². The molecule has 0 spiro atoms. The minimum atomic E-state index is -4.55. The molecule has 3 aromatic carbocycles. The molecule has 0 amide bonds. The lowest BCUT2D eigenvalue weighted by Gasteiger charge is -2.11. The number of para-hydroxylation sites is 1. The van der Waals surface area contributed by atoms with Crippen LogP contribution in [0, 0.1) is 10.1 Å². The summed E-state index contributed by atoms with van der Waals surface area (Å²) in [6.07, 6.45) is -4.55. The van der Waals surface area contributed by atoms with Crippen molar-refractivity contribution in [3.8, 4) is 33.0 Å². The predicted octanol–water partition coefficient (Wildman–Crippen LogP) is 6.77. The fourth-order valence-electron chi connectivity index (χ4n) is 3.43. The van der Waals surface area contributed by atoms with Crippen molar-refractivity contribution in [2.45, 2.75) is 6.18 Å². The van der Waals surface area contributed by atoms with E-state index in [1.54, 1.807) is 6.07 Å². The number of aromatic nitrogens is 1. The minimum absolute atomic E-state index is 0.0810. The van der Waals surface area contributed by atoms with Crippen LogP contribution < -0.4 is 0 Å². The average Bonchev–Trinajstić information content (AvgIpc) is 3.28. The number of benzene rings is 3. The summed E-state index contributed by atoms with van der Waals surface area (Å²) in [7, 11) is 0. The van der Waals surface area contributed by atoms with E-state index in [1.807, 2.05) is 0 Å². The molecule has 10 heteroatoms. The molecule has 4 aromatic rings. The molecule has 0 atom stereocenters. The molecule has 1 N–H and O–H groups in total. The van der Waals surface area contributed by atoms with Crippen LogP contribution in [-0.2, 0) is 6.18 Å². The number of carboxylic acid groups (broad SMARTS) is 1. The molecule has 0 bridgehead atoms. The molecule has 0 radical (unpaired) electrons. The van der Waals surface area contributed by atoms with Gasteiger partial charge in [0.2, 0.25) is 0 Å². The van der Waals surface area contributed by atoms with Gasteiger partial charge in [-0.15, -0.1) is 11.3 Å². The Bertz CT molecular complexity index is 1380. The number of nitrogens with zero attached hydrogens (tertiary/aromatic N) is 2. The molecule has 0 aliphatic carbocycles. The number of carbonyl (C=O) groups is 1. The van der Waals surface area contributed by atoms with E-state index >= 15 is 0 Å². The van der Waals surface area contributed by atoms with E-state index in [9.17, 15) is 33.2 Å². The Kier molecular flexibility index (Phi) is 5.69. The molecule has 6 nitrogen and oxygen atoms in total. The largest absolute Gasteiger partial charge is 0.478 e. The molecule has 0 saturated heterocycles. The summed E-state index contributed by atoms with van der Waals surface area (Å²) in [6.45, 7) is 0. The van der Waals surface area contributed by atoms with Gasteiger partial charge in [0.05, 0.1) is 27.3 Å². The molecule has 1 aromatic heterocycles. The fourth-order valence-corrected chi connectivity index (χ4v) is 4.25. The standard InChI is InChI=1S/C23H13F3N2O4S/c24-23(25,26)18-7-3-1-6-16(18)19-12-33-21(27-19)13-9-10-14(17(11-13)22(29)30)15-5-2-4-8-20(15)28(31)32/h1-12H,(H,29,30). The lowest BCUT2D eigenvalue weighted by molar-refractivity contribution is -0.384. The monoisotopic (exact) mass is 470 g/mol. The smallest absolute Gasteiger partial charge is 0.417 e. The second kappa shape index (κ2) is 8.47.